The Morgan fingerprint density at radius 2 is 2.27 bits per heavy atom. The fourth-order valence-electron chi connectivity index (χ4n) is 1.91. The summed E-state index contributed by atoms with van der Waals surface area (Å²) in [6, 6.07) is 9.08. The van der Waals surface area contributed by atoms with Gasteiger partial charge in [-0.2, -0.15) is 5.26 Å². The van der Waals surface area contributed by atoms with E-state index in [0.29, 0.717) is 12.0 Å². The SMILES string of the molecule is N#CC1(Cc2ccccc2F)CCCS1. The first kappa shape index (κ1) is 10.5. The van der Waals surface area contributed by atoms with Gasteiger partial charge >= 0.3 is 0 Å². The molecule has 0 bridgehead atoms. The summed E-state index contributed by atoms with van der Waals surface area (Å²) in [4.78, 5) is 0. The van der Waals surface area contributed by atoms with Crippen LogP contribution in [0.15, 0.2) is 24.3 Å². The molecule has 1 nitrogen and oxygen atoms in total. The number of hydrogen-bond donors (Lipinski definition) is 0. The Kier molecular flexibility index (Phi) is 2.97. The van der Waals surface area contributed by atoms with Crippen LogP contribution >= 0.6 is 11.8 Å². The number of rotatable bonds is 2. The molecule has 15 heavy (non-hydrogen) atoms. The molecule has 1 fully saturated rings. The number of nitrogens with zero attached hydrogens (tertiary/aromatic N) is 1. The minimum atomic E-state index is -0.387. The zero-order valence-corrected chi connectivity index (χ0v) is 9.19. The van der Waals surface area contributed by atoms with Crippen molar-refractivity contribution in [2.24, 2.45) is 0 Å². The Bertz CT molecular complexity index is 391. The van der Waals surface area contributed by atoms with Gasteiger partial charge in [0.05, 0.1) is 6.07 Å². The van der Waals surface area contributed by atoms with Crippen LogP contribution in [0.3, 0.4) is 0 Å². The van der Waals surface area contributed by atoms with Crippen molar-refractivity contribution >= 4 is 11.8 Å². The van der Waals surface area contributed by atoms with Crippen LogP contribution < -0.4 is 0 Å². The summed E-state index contributed by atoms with van der Waals surface area (Å²) >= 11 is 1.67. The van der Waals surface area contributed by atoms with Gasteiger partial charge in [-0.15, -0.1) is 11.8 Å². The van der Waals surface area contributed by atoms with Crippen molar-refractivity contribution in [1.82, 2.24) is 0 Å². The molecule has 1 aromatic rings. The van der Waals surface area contributed by atoms with E-state index >= 15 is 0 Å². The Balaban J connectivity index is 2.21. The van der Waals surface area contributed by atoms with Gasteiger partial charge in [-0.1, -0.05) is 18.2 Å². The molecule has 3 heteroatoms. The average Bonchev–Trinajstić information content (AvgIpc) is 2.71. The molecular weight excluding hydrogens is 209 g/mol. The molecule has 1 heterocycles. The van der Waals surface area contributed by atoms with Crippen molar-refractivity contribution in [2.75, 3.05) is 5.75 Å². The van der Waals surface area contributed by atoms with Crippen molar-refractivity contribution in [3.63, 3.8) is 0 Å². The molecule has 1 aliphatic heterocycles. The van der Waals surface area contributed by atoms with E-state index in [2.05, 4.69) is 6.07 Å². The second-order valence-electron chi connectivity index (χ2n) is 3.83. The van der Waals surface area contributed by atoms with Crippen molar-refractivity contribution < 1.29 is 4.39 Å². The van der Waals surface area contributed by atoms with Gasteiger partial charge < -0.3 is 0 Å². The molecule has 0 radical (unpaired) electrons. The molecular formula is C12H12FNS. The van der Waals surface area contributed by atoms with Gasteiger partial charge in [-0.05, 0) is 30.2 Å². The number of halogens is 1. The summed E-state index contributed by atoms with van der Waals surface area (Å²) in [6.45, 7) is 0. The van der Waals surface area contributed by atoms with Gasteiger partial charge in [0.15, 0.2) is 0 Å². The lowest BCUT2D eigenvalue weighted by atomic mass is 9.95. The summed E-state index contributed by atoms with van der Waals surface area (Å²) in [5.74, 6) is 0.821. The topological polar surface area (TPSA) is 23.8 Å². The van der Waals surface area contributed by atoms with Gasteiger partial charge in [-0.3, -0.25) is 0 Å². The maximum absolute atomic E-state index is 13.4. The minimum Gasteiger partial charge on any atom is -0.207 e. The second-order valence-corrected chi connectivity index (χ2v) is 5.30. The molecule has 1 aliphatic rings. The van der Waals surface area contributed by atoms with E-state index in [4.69, 9.17) is 0 Å². The number of thioether (sulfide) groups is 1. The summed E-state index contributed by atoms with van der Waals surface area (Å²) in [5, 5.41) is 9.18. The largest absolute Gasteiger partial charge is 0.207 e. The van der Waals surface area contributed by atoms with Crippen molar-refractivity contribution in [1.29, 1.82) is 5.26 Å². The second kappa shape index (κ2) is 4.24. The van der Waals surface area contributed by atoms with E-state index in [1.165, 1.54) is 6.07 Å². The molecule has 0 saturated carbocycles. The predicted octanol–water partition coefficient (Wildman–Crippen LogP) is 3.16. The third-order valence-electron chi connectivity index (χ3n) is 2.74. The third-order valence-corrected chi connectivity index (χ3v) is 4.23. The lowest BCUT2D eigenvalue weighted by Crippen LogP contribution is -2.22. The average molecular weight is 221 g/mol. The first-order valence-corrected chi connectivity index (χ1v) is 6.03. The quantitative estimate of drug-likeness (QED) is 0.766. The molecule has 1 atom stereocenters. The highest BCUT2D eigenvalue weighted by Crippen LogP contribution is 2.40. The van der Waals surface area contributed by atoms with E-state index in [1.54, 1.807) is 23.9 Å². The Morgan fingerprint density at radius 1 is 1.47 bits per heavy atom. The van der Waals surface area contributed by atoms with Gasteiger partial charge in [0.2, 0.25) is 0 Å². The van der Waals surface area contributed by atoms with Gasteiger partial charge in [0.1, 0.15) is 10.6 Å². The molecule has 0 aromatic heterocycles. The summed E-state index contributed by atoms with van der Waals surface area (Å²) < 4.78 is 13.0. The zero-order chi connectivity index (χ0) is 10.7. The van der Waals surface area contributed by atoms with Crippen LogP contribution in [0.5, 0.6) is 0 Å². The normalized spacial score (nSPS) is 25.1. The molecule has 0 N–H and O–H groups in total. The fraction of sp³-hybridized carbons (Fsp3) is 0.417. The van der Waals surface area contributed by atoms with Crippen LogP contribution in [0.2, 0.25) is 0 Å². The van der Waals surface area contributed by atoms with E-state index in [9.17, 15) is 9.65 Å². The van der Waals surface area contributed by atoms with E-state index in [-0.39, 0.29) is 10.6 Å². The number of hydrogen-bond acceptors (Lipinski definition) is 2. The Morgan fingerprint density at radius 3 is 2.87 bits per heavy atom. The van der Waals surface area contributed by atoms with E-state index in [0.717, 1.165) is 18.6 Å². The monoisotopic (exact) mass is 221 g/mol. The van der Waals surface area contributed by atoms with Crippen molar-refractivity contribution in [2.45, 2.75) is 24.0 Å². The van der Waals surface area contributed by atoms with Gasteiger partial charge in [0.25, 0.3) is 0 Å². The van der Waals surface area contributed by atoms with Crippen LogP contribution in [-0.2, 0) is 6.42 Å². The fourth-order valence-corrected chi connectivity index (χ4v) is 3.20. The standard InChI is InChI=1S/C12H12FNS/c13-11-5-2-1-4-10(11)8-12(9-14)6-3-7-15-12/h1-2,4-5H,3,6-8H2. The first-order valence-electron chi connectivity index (χ1n) is 5.04. The summed E-state index contributed by atoms with van der Waals surface area (Å²) in [6.07, 6.45) is 2.47. The van der Waals surface area contributed by atoms with Crippen LogP contribution in [0, 0.1) is 17.1 Å². The van der Waals surface area contributed by atoms with E-state index < -0.39 is 0 Å². The molecule has 1 aromatic carbocycles. The van der Waals surface area contributed by atoms with Crippen LogP contribution in [0.4, 0.5) is 4.39 Å². The maximum Gasteiger partial charge on any atom is 0.126 e. The smallest absolute Gasteiger partial charge is 0.126 e. The predicted molar refractivity (Wildman–Crippen MR) is 60.1 cm³/mol. The third kappa shape index (κ3) is 2.15. The first-order chi connectivity index (χ1) is 7.26. The van der Waals surface area contributed by atoms with Crippen LogP contribution in [0.25, 0.3) is 0 Å². The highest BCUT2D eigenvalue weighted by atomic mass is 32.2. The highest BCUT2D eigenvalue weighted by Gasteiger charge is 2.35. The number of benzene rings is 1. The van der Waals surface area contributed by atoms with Crippen molar-refractivity contribution in [3.8, 4) is 6.07 Å². The molecule has 1 unspecified atom stereocenters. The van der Waals surface area contributed by atoms with Gasteiger partial charge in [0, 0.05) is 6.42 Å². The van der Waals surface area contributed by atoms with Gasteiger partial charge in [-0.25, -0.2) is 4.39 Å². The molecule has 1 saturated heterocycles. The lowest BCUT2D eigenvalue weighted by Gasteiger charge is -2.19. The van der Waals surface area contributed by atoms with E-state index in [1.807, 2.05) is 6.07 Å². The maximum atomic E-state index is 13.4. The number of nitriles is 1. The summed E-state index contributed by atoms with van der Waals surface area (Å²) in [7, 11) is 0. The highest BCUT2D eigenvalue weighted by molar-refractivity contribution is 8.01. The lowest BCUT2D eigenvalue weighted by molar-refractivity contribution is 0.588. The van der Waals surface area contributed by atoms with Crippen LogP contribution in [-0.4, -0.2) is 10.5 Å². The van der Waals surface area contributed by atoms with Crippen LogP contribution in [0.1, 0.15) is 18.4 Å². The zero-order valence-electron chi connectivity index (χ0n) is 8.37. The Labute approximate surface area is 93.3 Å². The Hall–Kier alpha value is -1.01. The molecule has 0 aliphatic carbocycles. The molecule has 78 valence electrons. The minimum absolute atomic E-state index is 0.195. The van der Waals surface area contributed by atoms with Crippen molar-refractivity contribution in [3.05, 3.63) is 35.6 Å². The summed E-state index contributed by atoms with van der Waals surface area (Å²) in [5.41, 5.74) is 0.661. The molecule has 2 rings (SSSR count). The molecule has 0 spiro atoms. The molecule has 0 amide bonds.